The van der Waals surface area contributed by atoms with Gasteiger partial charge in [0.15, 0.2) is 5.76 Å². The van der Waals surface area contributed by atoms with E-state index in [9.17, 15) is 0 Å². The van der Waals surface area contributed by atoms with Crippen LogP contribution in [0.1, 0.15) is 19.2 Å². The normalized spacial score (nSPS) is 10.8. The number of oxazole rings is 1. The van der Waals surface area contributed by atoms with Crippen molar-refractivity contribution in [2.75, 3.05) is 6.54 Å². The van der Waals surface area contributed by atoms with Crippen molar-refractivity contribution in [1.29, 1.82) is 0 Å². The fraction of sp³-hybridized carbons (Fsp3) is 0.308. The summed E-state index contributed by atoms with van der Waals surface area (Å²) in [6.45, 7) is 3.72. The number of benzene rings is 1. The lowest BCUT2D eigenvalue weighted by molar-refractivity contribution is 0.477. The number of hydrogen-bond acceptors (Lipinski definition) is 3. The Labute approximate surface area is 120 Å². The van der Waals surface area contributed by atoms with Gasteiger partial charge < -0.3 is 9.73 Å². The second-order valence-electron chi connectivity index (χ2n) is 3.92. The summed E-state index contributed by atoms with van der Waals surface area (Å²) >= 11 is 9.46. The van der Waals surface area contributed by atoms with Gasteiger partial charge in [-0.2, -0.15) is 0 Å². The second-order valence-corrected chi connectivity index (χ2v) is 5.21. The van der Waals surface area contributed by atoms with Crippen molar-refractivity contribution < 1.29 is 4.42 Å². The number of rotatable bonds is 5. The summed E-state index contributed by atoms with van der Waals surface area (Å²) in [7, 11) is 0. The Morgan fingerprint density at radius 3 is 3.06 bits per heavy atom. The number of halogens is 2. The van der Waals surface area contributed by atoms with Crippen molar-refractivity contribution in [2.45, 2.75) is 19.9 Å². The minimum absolute atomic E-state index is 0.645. The van der Waals surface area contributed by atoms with E-state index in [4.69, 9.17) is 16.0 Å². The van der Waals surface area contributed by atoms with E-state index in [-0.39, 0.29) is 0 Å². The summed E-state index contributed by atoms with van der Waals surface area (Å²) in [5.41, 5.74) is 0.914. The highest BCUT2D eigenvalue weighted by Gasteiger charge is 2.10. The van der Waals surface area contributed by atoms with Gasteiger partial charge in [0, 0.05) is 15.1 Å². The van der Waals surface area contributed by atoms with Crippen LogP contribution in [0.25, 0.3) is 11.3 Å². The summed E-state index contributed by atoms with van der Waals surface area (Å²) in [5, 5.41) is 3.92. The van der Waals surface area contributed by atoms with Crippen LogP contribution >= 0.6 is 27.5 Å². The fourth-order valence-electron chi connectivity index (χ4n) is 1.57. The predicted molar refractivity (Wildman–Crippen MR) is 76.6 cm³/mol. The zero-order valence-corrected chi connectivity index (χ0v) is 12.4. The van der Waals surface area contributed by atoms with E-state index in [0.29, 0.717) is 17.5 Å². The third kappa shape index (κ3) is 3.34. The van der Waals surface area contributed by atoms with E-state index >= 15 is 0 Å². The molecule has 96 valence electrons. The minimum Gasteiger partial charge on any atom is -0.439 e. The largest absolute Gasteiger partial charge is 0.439 e. The van der Waals surface area contributed by atoms with Gasteiger partial charge in [-0.3, -0.25) is 0 Å². The number of nitrogens with one attached hydrogen (secondary N) is 1. The maximum atomic E-state index is 5.98. The average molecular weight is 330 g/mol. The molecule has 1 aromatic carbocycles. The van der Waals surface area contributed by atoms with Crippen molar-refractivity contribution in [1.82, 2.24) is 10.3 Å². The van der Waals surface area contributed by atoms with Gasteiger partial charge in [-0.05, 0) is 31.2 Å². The van der Waals surface area contributed by atoms with E-state index in [1.54, 1.807) is 6.20 Å². The molecule has 0 radical (unpaired) electrons. The Balaban J connectivity index is 2.16. The summed E-state index contributed by atoms with van der Waals surface area (Å²) in [5.74, 6) is 1.41. The third-order valence-corrected chi connectivity index (χ3v) is 3.38. The minimum atomic E-state index is 0.645. The molecule has 0 aliphatic heterocycles. The molecule has 0 saturated heterocycles. The van der Waals surface area contributed by atoms with E-state index in [2.05, 4.69) is 33.2 Å². The summed E-state index contributed by atoms with van der Waals surface area (Å²) in [6.07, 6.45) is 2.81. The topological polar surface area (TPSA) is 38.1 Å². The molecule has 0 spiro atoms. The molecular weight excluding hydrogens is 316 g/mol. The lowest BCUT2D eigenvalue weighted by Gasteiger charge is -2.01. The molecule has 1 aromatic heterocycles. The number of hydrogen-bond donors (Lipinski definition) is 1. The maximum Gasteiger partial charge on any atom is 0.208 e. The molecule has 0 aliphatic carbocycles. The van der Waals surface area contributed by atoms with Gasteiger partial charge in [-0.1, -0.05) is 34.5 Å². The lowest BCUT2D eigenvalue weighted by atomic mass is 10.2. The standard InChI is InChI=1S/C13H14BrClN2O/c1-2-5-16-8-13-17-7-12(18-13)10-6-9(15)3-4-11(10)14/h3-4,6-7,16H,2,5,8H2,1H3. The van der Waals surface area contributed by atoms with Crippen molar-refractivity contribution in [3.63, 3.8) is 0 Å². The summed E-state index contributed by atoms with van der Waals surface area (Å²) in [6, 6.07) is 5.58. The van der Waals surface area contributed by atoms with E-state index in [1.807, 2.05) is 18.2 Å². The van der Waals surface area contributed by atoms with Crippen molar-refractivity contribution >= 4 is 27.5 Å². The fourth-order valence-corrected chi connectivity index (χ4v) is 2.19. The molecule has 0 fully saturated rings. The van der Waals surface area contributed by atoms with Gasteiger partial charge in [0.25, 0.3) is 0 Å². The van der Waals surface area contributed by atoms with Crippen LogP contribution in [0.15, 0.2) is 33.3 Å². The Kier molecular flexibility index (Phi) is 4.80. The van der Waals surface area contributed by atoms with Gasteiger partial charge in [0.05, 0.1) is 12.7 Å². The van der Waals surface area contributed by atoms with Crippen molar-refractivity contribution in [3.8, 4) is 11.3 Å². The Hall–Kier alpha value is -0.840. The van der Waals surface area contributed by atoms with Gasteiger partial charge in [0.2, 0.25) is 5.89 Å². The predicted octanol–water partition coefficient (Wildman–Crippen LogP) is 4.26. The van der Waals surface area contributed by atoms with E-state index < -0.39 is 0 Å². The molecule has 5 heteroatoms. The van der Waals surface area contributed by atoms with Crippen LogP contribution < -0.4 is 5.32 Å². The van der Waals surface area contributed by atoms with Crippen LogP contribution in [-0.4, -0.2) is 11.5 Å². The molecule has 3 nitrogen and oxygen atoms in total. The van der Waals surface area contributed by atoms with E-state index in [0.717, 1.165) is 28.8 Å². The van der Waals surface area contributed by atoms with Gasteiger partial charge in [-0.25, -0.2) is 4.98 Å². The zero-order chi connectivity index (χ0) is 13.0. The molecule has 1 N–H and O–H groups in total. The number of nitrogens with zero attached hydrogens (tertiary/aromatic N) is 1. The third-order valence-electron chi connectivity index (χ3n) is 2.45. The maximum absolute atomic E-state index is 5.98. The highest BCUT2D eigenvalue weighted by molar-refractivity contribution is 9.10. The van der Waals surface area contributed by atoms with Crippen molar-refractivity contribution in [2.24, 2.45) is 0 Å². The zero-order valence-electron chi connectivity index (χ0n) is 10.0. The molecule has 2 rings (SSSR count). The van der Waals surface area contributed by atoms with Crippen LogP contribution in [-0.2, 0) is 6.54 Å². The molecule has 0 saturated carbocycles. The summed E-state index contributed by atoms with van der Waals surface area (Å²) < 4.78 is 6.63. The van der Waals surface area contributed by atoms with Crippen molar-refractivity contribution in [3.05, 3.63) is 39.8 Å². The molecule has 0 aliphatic rings. The monoisotopic (exact) mass is 328 g/mol. The van der Waals surface area contributed by atoms with Crippen LogP contribution in [0.4, 0.5) is 0 Å². The van der Waals surface area contributed by atoms with Crippen LogP contribution in [0.5, 0.6) is 0 Å². The SMILES string of the molecule is CCCNCc1ncc(-c2cc(Cl)ccc2Br)o1. The van der Waals surface area contributed by atoms with Crippen LogP contribution in [0.3, 0.4) is 0 Å². The van der Waals surface area contributed by atoms with Crippen LogP contribution in [0, 0.1) is 0 Å². The summed E-state index contributed by atoms with van der Waals surface area (Å²) in [4.78, 5) is 4.24. The van der Waals surface area contributed by atoms with Crippen LogP contribution in [0.2, 0.25) is 5.02 Å². The molecular formula is C13H14BrClN2O. The average Bonchev–Trinajstić information content (AvgIpc) is 2.81. The Morgan fingerprint density at radius 1 is 1.44 bits per heavy atom. The first-order valence-electron chi connectivity index (χ1n) is 5.81. The first-order valence-corrected chi connectivity index (χ1v) is 6.98. The van der Waals surface area contributed by atoms with E-state index in [1.165, 1.54) is 0 Å². The Morgan fingerprint density at radius 2 is 2.28 bits per heavy atom. The van der Waals surface area contributed by atoms with Gasteiger partial charge in [-0.15, -0.1) is 0 Å². The van der Waals surface area contributed by atoms with Gasteiger partial charge >= 0.3 is 0 Å². The second kappa shape index (κ2) is 6.36. The molecule has 18 heavy (non-hydrogen) atoms. The lowest BCUT2D eigenvalue weighted by Crippen LogP contribution is -2.13. The first-order chi connectivity index (χ1) is 8.70. The first kappa shape index (κ1) is 13.6. The molecule has 0 bridgehead atoms. The molecule has 0 amide bonds. The highest BCUT2D eigenvalue weighted by Crippen LogP contribution is 2.31. The molecule has 0 atom stereocenters. The van der Waals surface area contributed by atoms with Gasteiger partial charge in [0.1, 0.15) is 0 Å². The molecule has 2 aromatic rings. The smallest absolute Gasteiger partial charge is 0.208 e. The molecule has 0 unspecified atom stereocenters. The Bertz CT molecular complexity index is 527. The molecule has 1 heterocycles. The quantitative estimate of drug-likeness (QED) is 0.833. The highest BCUT2D eigenvalue weighted by atomic mass is 79.9. The number of aromatic nitrogens is 1.